The van der Waals surface area contributed by atoms with Gasteiger partial charge in [0.15, 0.2) is 0 Å². The van der Waals surface area contributed by atoms with Gasteiger partial charge < -0.3 is 5.73 Å². The highest BCUT2D eigenvalue weighted by Gasteiger charge is 2.16. The summed E-state index contributed by atoms with van der Waals surface area (Å²) in [7, 11) is -4.42. The van der Waals surface area contributed by atoms with Crippen LogP contribution in [0.4, 0.5) is 5.69 Å². The SMILES string of the molecule is N#Cc1cc(S(=O)(=O)O)c(Cl)cc1N. The second-order valence-electron chi connectivity index (χ2n) is 2.46. The van der Waals surface area contributed by atoms with Crippen molar-refractivity contribution >= 4 is 27.4 Å². The van der Waals surface area contributed by atoms with Crippen molar-refractivity contribution in [3.05, 3.63) is 22.7 Å². The number of halogens is 1. The van der Waals surface area contributed by atoms with E-state index in [-0.39, 0.29) is 16.3 Å². The molecule has 1 rings (SSSR count). The first-order chi connectivity index (χ1) is 6.36. The molecule has 0 heterocycles. The van der Waals surface area contributed by atoms with Crippen molar-refractivity contribution in [1.82, 2.24) is 0 Å². The summed E-state index contributed by atoms with van der Waals surface area (Å²) in [6.45, 7) is 0. The van der Waals surface area contributed by atoms with Gasteiger partial charge in [0, 0.05) is 0 Å². The van der Waals surface area contributed by atoms with Crippen molar-refractivity contribution in [2.24, 2.45) is 0 Å². The fourth-order valence-corrected chi connectivity index (χ4v) is 1.90. The van der Waals surface area contributed by atoms with E-state index in [0.29, 0.717) is 0 Å². The molecule has 0 aromatic heterocycles. The van der Waals surface area contributed by atoms with Gasteiger partial charge in [0.2, 0.25) is 0 Å². The highest BCUT2D eigenvalue weighted by atomic mass is 35.5. The zero-order chi connectivity index (χ0) is 10.9. The van der Waals surface area contributed by atoms with Crippen LogP contribution >= 0.6 is 11.6 Å². The van der Waals surface area contributed by atoms with Gasteiger partial charge >= 0.3 is 0 Å². The lowest BCUT2D eigenvalue weighted by Gasteiger charge is -2.03. The molecule has 0 aliphatic carbocycles. The second-order valence-corrected chi connectivity index (χ2v) is 4.25. The zero-order valence-corrected chi connectivity index (χ0v) is 8.30. The van der Waals surface area contributed by atoms with Gasteiger partial charge in [0.1, 0.15) is 11.0 Å². The van der Waals surface area contributed by atoms with Crippen molar-refractivity contribution in [2.75, 3.05) is 5.73 Å². The van der Waals surface area contributed by atoms with Gasteiger partial charge in [-0.05, 0) is 12.1 Å². The monoisotopic (exact) mass is 232 g/mol. The van der Waals surface area contributed by atoms with Crippen molar-refractivity contribution in [2.45, 2.75) is 4.90 Å². The lowest BCUT2D eigenvalue weighted by Crippen LogP contribution is -2.01. The Kier molecular flexibility index (Phi) is 2.66. The summed E-state index contributed by atoms with van der Waals surface area (Å²) >= 11 is 5.51. The van der Waals surface area contributed by atoms with Crippen LogP contribution in [-0.4, -0.2) is 13.0 Å². The third-order valence-corrected chi connectivity index (χ3v) is 2.82. The van der Waals surface area contributed by atoms with Gasteiger partial charge in [-0.15, -0.1) is 0 Å². The summed E-state index contributed by atoms with van der Waals surface area (Å²) in [5, 5.41) is 8.33. The molecule has 0 radical (unpaired) electrons. The molecule has 1 aromatic carbocycles. The number of hydrogen-bond acceptors (Lipinski definition) is 4. The van der Waals surface area contributed by atoms with Crippen LogP contribution in [0.5, 0.6) is 0 Å². The molecule has 0 amide bonds. The van der Waals surface area contributed by atoms with Gasteiger partial charge in [-0.3, -0.25) is 4.55 Å². The van der Waals surface area contributed by atoms with E-state index in [4.69, 9.17) is 27.1 Å². The Bertz CT molecular complexity index is 518. The largest absolute Gasteiger partial charge is 0.398 e. The fourth-order valence-electron chi connectivity index (χ4n) is 0.863. The number of benzene rings is 1. The minimum Gasteiger partial charge on any atom is -0.398 e. The normalized spacial score (nSPS) is 10.9. The van der Waals surface area contributed by atoms with E-state index < -0.39 is 15.0 Å². The standard InChI is InChI=1S/C7H5ClN2O3S/c8-5-2-6(10)4(3-9)1-7(5)14(11,12)13/h1-2H,10H2,(H,11,12,13). The first-order valence-corrected chi connectivity index (χ1v) is 5.14. The molecule has 0 bridgehead atoms. The van der Waals surface area contributed by atoms with E-state index in [1.165, 1.54) is 0 Å². The summed E-state index contributed by atoms with van der Waals surface area (Å²) in [6.07, 6.45) is 0. The number of nitrogens with zero attached hydrogens (tertiary/aromatic N) is 1. The smallest absolute Gasteiger partial charge is 0.296 e. The molecule has 0 spiro atoms. The molecule has 0 saturated heterocycles. The molecule has 7 heteroatoms. The van der Waals surface area contributed by atoms with Crippen molar-refractivity contribution in [1.29, 1.82) is 5.26 Å². The van der Waals surface area contributed by atoms with Crippen LogP contribution in [0.15, 0.2) is 17.0 Å². The van der Waals surface area contributed by atoms with Gasteiger partial charge in [0.25, 0.3) is 10.1 Å². The van der Waals surface area contributed by atoms with Crippen LogP contribution < -0.4 is 5.73 Å². The lowest BCUT2D eigenvalue weighted by molar-refractivity contribution is 0.483. The Hall–Kier alpha value is -1.29. The van der Waals surface area contributed by atoms with Gasteiger partial charge in [-0.2, -0.15) is 13.7 Å². The highest BCUT2D eigenvalue weighted by molar-refractivity contribution is 7.86. The number of nitrogens with two attached hydrogens (primary N) is 1. The van der Waals surface area contributed by atoms with E-state index in [0.717, 1.165) is 12.1 Å². The third-order valence-electron chi connectivity index (χ3n) is 1.50. The molecule has 0 fully saturated rings. The summed E-state index contributed by atoms with van der Waals surface area (Å²) < 4.78 is 30.2. The molecule has 0 saturated carbocycles. The van der Waals surface area contributed by atoms with Gasteiger partial charge in [-0.25, -0.2) is 0 Å². The quantitative estimate of drug-likeness (QED) is 0.556. The van der Waals surface area contributed by atoms with E-state index >= 15 is 0 Å². The van der Waals surface area contributed by atoms with Crippen LogP contribution in [0.1, 0.15) is 5.56 Å². The molecular weight excluding hydrogens is 228 g/mol. The van der Waals surface area contributed by atoms with Crippen LogP contribution in [-0.2, 0) is 10.1 Å². The molecular formula is C7H5ClN2O3S. The molecule has 14 heavy (non-hydrogen) atoms. The Morgan fingerprint density at radius 3 is 2.50 bits per heavy atom. The predicted octanol–water partition coefficient (Wildman–Crippen LogP) is 1.04. The number of anilines is 1. The molecule has 3 N–H and O–H groups in total. The molecule has 0 aliphatic rings. The molecule has 1 aromatic rings. The minimum atomic E-state index is -4.42. The van der Waals surface area contributed by atoms with Crippen LogP contribution in [0.25, 0.3) is 0 Å². The average Bonchev–Trinajstić information content (AvgIpc) is 2.02. The van der Waals surface area contributed by atoms with Gasteiger partial charge in [-0.1, -0.05) is 11.6 Å². The zero-order valence-electron chi connectivity index (χ0n) is 6.73. The number of nitriles is 1. The fraction of sp³-hybridized carbons (Fsp3) is 0. The Morgan fingerprint density at radius 1 is 1.50 bits per heavy atom. The van der Waals surface area contributed by atoms with E-state index in [2.05, 4.69) is 0 Å². The van der Waals surface area contributed by atoms with Crippen molar-refractivity contribution in [3.63, 3.8) is 0 Å². The average molecular weight is 233 g/mol. The first-order valence-electron chi connectivity index (χ1n) is 3.33. The number of rotatable bonds is 1. The maximum Gasteiger partial charge on any atom is 0.296 e. The molecule has 0 atom stereocenters. The van der Waals surface area contributed by atoms with E-state index in [1.54, 1.807) is 6.07 Å². The maximum atomic E-state index is 10.8. The van der Waals surface area contributed by atoms with Crippen LogP contribution in [0.2, 0.25) is 5.02 Å². The van der Waals surface area contributed by atoms with Crippen LogP contribution in [0, 0.1) is 11.3 Å². The maximum absolute atomic E-state index is 10.8. The molecule has 74 valence electrons. The van der Waals surface area contributed by atoms with Gasteiger partial charge in [0.05, 0.1) is 16.3 Å². The summed E-state index contributed by atoms with van der Waals surface area (Å²) in [6, 6.07) is 3.70. The van der Waals surface area contributed by atoms with Crippen molar-refractivity contribution in [3.8, 4) is 6.07 Å². The predicted molar refractivity (Wildman–Crippen MR) is 50.4 cm³/mol. The molecule has 0 unspecified atom stereocenters. The molecule has 0 aliphatic heterocycles. The molecule has 5 nitrogen and oxygen atoms in total. The Morgan fingerprint density at radius 2 is 2.07 bits per heavy atom. The lowest BCUT2D eigenvalue weighted by atomic mass is 10.2. The first kappa shape index (κ1) is 10.8. The topological polar surface area (TPSA) is 104 Å². The van der Waals surface area contributed by atoms with E-state index in [1.807, 2.05) is 0 Å². The Balaban J connectivity index is 3.58. The number of nitrogen functional groups attached to an aromatic ring is 1. The summed E-state index contributed by atoms with van der Waals surface area (Å²) in [4.78, 5) is -0.523. The van der Waals surface area contributed by atoms with Crippen LogP contribution in [0.3, 0.4) is 0 Å². The Labute approximate surface area is 85.5 Å². The van der Waals surface area contributed by atoms with E-state index in [9.17, 15) is 8.42 Å². The number of hydrogen-bond donors (Lipinski definition) is 2. The summed E-state index contributed by atoms with van der Waals surface area (Å²) in [5.41, 5.74) is 5.37. The third kappa shape index (κ3) is 1.96. The minimum absolute atomic E-state index is 0.0537. The highest BCUT2D eigenvalue weighted by Crippen LogP contribution is 2.26. The second kappa shape index (κ2) is 3.46. The summed E-state index contributed by atoms with van der Waals surface area (Å²) in [5.74, 6) is 0. The van der Waals surface area contributed by atoms with Crippen molar-refractivity contribution < 1.29 is 13.0 Å².